The number of hydrogen-bond donors (Lipinski definition) is 0. The molecule has 0 atom stereocenters. The molecule has 0 bridgehead atoms. The Morgan fingerprint density at radius 1 is 1.39 bits per heavy atom. The second-order valence-corrected chi connectivity index (χ2v) is 6.29. The number of imidazole rings is 1. The highest BCUT2D eigenvalue weighted by atomic mass is 35.7. The first-order chi connectivity index (χ1) is 8.41. The quantitative estimate of drug-likeness (QED) is 0.768. The minimum Gasteiger partial charge on any atom is -0.326 e. The lowest BCUT2D eigenvalue weighted by Gasteiger charge is -2.04. The van der Waals surface area contributed by atoms with E-state index in [1.165, 1.54) is 6.20 Å². The fraction of sp³-hybridized carbons (Fsp3) is 0.444. The SMILES string of the molecule is CCc1nc(S(=O)(=O)Cl)cn1Cc1nncn1C. The van der Waals surface area contributed by atoms with E-state index in [-0.39, 0.29) is 5.03 Å². The molecular weight excluding hydrogens is 278 g/mol. The van der Waals surface area contributed by atoms with Gasteiger partial charge in [-0.2, -0.15) is 0 Å². The third kappa shape index (κ3) is 2.54. The fourth-order valence-electron chi connectivity index (χ4n) is 1.57. The molecule has 0 aliphatic carbocycles. The highest BCUT2D eigenvalue weighted by Gasteiger charge is 2.17. The first kappa shape index (κ1) is 13.0. The standard InChI is InChI=1S/C9H12ClN5O2S/c1-3-7-12-9(18(10,16)17)5-15(7)4-8-13-11-6-14(8)2/h5-6H,3-4H2,1-2H3. The largest absolute Gasteiger partial charge is 0.326 e. The monoisotopic (exact) mass is 289 g/mol. The van der Waals surface area contributed by atoms with Crippen LogP contribution < -0.4 is 0 Å². The summed E-state index contributed by atoms with van der Waals surface area (Å²) in [5.74, 6) is 1.35. The minimum absolute atomic E-state index is 0.136. The first-order valence-electron chi connectivity index (χ1n) is 5.25. The molecular formula is C9H12ClN5O2S. The lowest BCUT2D eigenvalue weighted by molar-refractivity contribution is 0.606. The molecule has 0 amide bonds. The average molecular weight is 290 g/mol. The lowest BCUT2D eigenvalue weighted by atomic mass is 10.4. The molecule has 2 aromatic rings. The van der Waals surface area contributed by atoms with Crippen molar-refractivity contribution in [3.8, 4) is 0 Å². The zero-order valence-corrected chi connectivity index (χ0v) is 11.5. The third-order valence-corrected chi connectivity index (χ3v) is 3.69. The maximum Gasteiger partial charge on any atom is 0.280 e. The zero-order valence-electron chi connectivity index (χ0n) is 9.91. The van der Waals surface area contributed by atoms with Crippen LogP contribution in [-0.4, -0.2) is 32.7 Å². The van der Waals surface area contributed by atoms with Crippen molar-refractivity contribution in [2.75, 3.05) is 0 Å². The van der Waals surface area contributed by atoms with Crippen molar-refractivity contribution in [1.82, 2.24) is 24.3 Å². The van der Waals surface area contributed by atoms with E-state index in [9.17, 15) is 8.42 Å². The van der Waals surface area contributed by atoms with E-state index in [0.29, 0.717) is 24.6 Å². The van der Waals surface area contributed by atoms with Crippen LogP contribution in [0.15, 0.2) is 17.6 Å². The fourth-order valence-corrected chi connectivity index (χ4v) is 2.26. The molecule has 0 aliphatic heterocycles. The summed E-state index contributed by atoms with van der Waals surface area (Å²) in [6.45, 7) is 2.29. The van der Waals surface area contributed by atoms with Crippen molar-refractivity contribution in [3.05, 3.63) is 24.2 Å². The van der Waals surface area contributed by atoms with Crippen molar-refractivity contribution < 1.29 is 8.42 Å². The lowest BCUT2D eigenvalue weighted by Crippen LogP contribution is -2.07. The number of rotatable bonds is 4. The molecule has 0 fully saturated rings. The third-order valence-electron chi connectivity index (χ3n) is 2.52. The highest BCUT2D eigenvalue weighted by Crippen LogP contribution is 2.15. The van der Waals surface area contributed by atoms with Gasteiger partial charge in [-0.05, 0) is 0 Å². The molecule has 2 aromatic heterocycles. The molecule has 2 rings (SSSR count). The topological polar surface area (TPSA) is 82.7 Å². The number of halogens is 1. The van der Waals surface area contributed by atoms with Gasteiger partial charge < -0.3 is 9.13 Å². The van der Waals surface area contributed by atoms with Gasteiger partial charge in [0, 0.05) is 30.3 Å². The first-order valence-corrected chi connectivity index (χ1v) is 7.56. The molecule has 2 heterocycles. The molecule has 7 nitrogen and oxygen atoms in total. The Morgan fingerprint density at radius 2 is 2.11 bits per heavy atom. The van der Waals surface area contributed by atoms with Crippen LogP contribution >= 0.6 is 10.7 Å². The average Bonchev–Trinajstić information content (AvgIpc) is 2.86. The molecule has 0 aliphatic rings. The number of aromatic nitrogens is 5. The highest BCUT2D eigenvalue weighted by molar-refractivity contribution is 8.13. The van der Waals surface area contributed by atoms with Gasteiger partial charge in [0.25, 0.3) is 9.05 Å². The summed E-state index contributed by atoms with van der Waals surface area (Å²) in [5.41, 5.74) is 0. The summed E-state index contributed by atoms with van der Waals surface area (Å²) < 4.78 is 25.9. The van der Waals surface area contributed by atoms with Crippen molar-refractivity contribution in [2.45, 2.75) is 24.9 Å². The molecule has 0 saturated carbocycles. The summed E-state index contributed by atoms with van der Waals surface area (Å²) >= 11 is 0. The Labute approximate surface area is 109 Å². The predicted molar refractivity (Wildman–Crippen MR) is 64.7 cm³/mol. The summed E-state index contributed by atoms with van der Waals surface area (Å²) in [7, 11) is 3.29. The number of nitrogens with zero attached hydrogens (tertiary/aromatic N) is 5. The zero-order chi connectivity index (χ0) is 13.3. The van der Waals surface area contributed by atoms with Crippen LogP contribution in [0.1, 0.15) is 18.6 Å². The van der Waals surface area contributed by atoms with E-state index in [1.807, 2.05) is 14.0 Å². The van der Waals surface area contributed by atoms with Crippen LogP contribution in [0.25, 0.3) is 0 Å². The Kier molecular flexibility index (Phi) is 3.40. The Hall–Kier alpha value is -1.41. The molecule has 98 valence electrons. The smallest absolute Gasteiger partial charge is 0.280 e. The van der Waals surface area contributed by atoms with E-state index in [0.717, 1.165) is 0 Å². The van der Waals surface area contributed by atoms with Crippen molar-refractivity contribution in [1.29, 1.82) is 0 Å². The van der Waals surface area contributed by atoms with E-state index in [2.05, 4.69) is 15.2 Å². The predicted octanol–water partition coefficient (Wildman–Crippen LogP) is 0.550. The maximum atomic E-state index is 11.2. The van der Waals surface area contributed by atoms with Gasteiger partial charge in [0.05, 0.1) is 6.54 Å². The van der Waals surface area contributed by atoms with Gasteiger partial charge in [-0.15, -0.1) is 10.2 Å². The van der Waals surface area contributed by atoms with Gasteiger partial charge in [-0.3, -0.25) is 0 Å². The summed E-state index contributed by atoms with van der Waals surface area (Å²) in [5, 5.41) is 7.57. The Bertz CT molecular complexity index is 660. The van der Waals surface area contributed by atoms with Crippen LogP contribution in [0.2, 0.25) is 0 Å². The second-order valence-electron chi connectivity index (χ2n) is 3.77. The van der Waals surface area contributed by atoms with Gasteiger partial charge in [0.2, 0.25) is 0 Å². The van der Waals surface area contributed by atoms with E-state index in [1.54, 1.807) is 15.5 Å². The number of hydrogen-bond acceptors (Lipinski definition) is 5. The van der Waals surface area contributed by atoms with Crippen molar-refractivity contribution in [2.24, 2.45) is 7.05 Å². The van der Waals surface area contributed by atoms with E-state index >= 15 is 0 Å². The van der Waals surface area contributed by atoms with Crippen molar-refractivity contribution >= 4 is 19.7 Å². The van der Waals surface area contributed by atoms with E-state index in [4.69, 9.17) is 10.7 Å². The molecule has 0 N–H and O–H groups in total. The molecule has 0 spiro atoms. The van der Waals surface area contributed by atoms with Crippen LogP contribution in [-0.2, 0) is 29.1 Å². The molecule has 0 radical (unpaired) electrons. The van der Waals surface area contributed by atoms with Crippen molar-refractivity contribution in [3.63, 3.8) is 0 Å². The molecule has 0 aromatic carbocycles. The molecule has 9 heteroatoms. The normalized spacial score (nSPS) is 11.9. The van der Waals surface area contributed by atoms with Crippen LogP contribution in [0.4, 0.5) is 0 Å². The van der Waals surface area contributed by atoms with Gasteiger partial charge >= 0.3 is 0 Å². The number of aryl methyl sites for hydroxylation is 2. The van der Waals surface area contributed by atoms with Gasteiger partial charge in [-0.25, -0.2) is 13.4 Å². The maximum absolute atomic E-state index is 11.2. The van der Waals surface area contributed by atoms with Gasteiger partial charge in [-0.1, -0.05) is 6.92 Å². The molecule has 0 unspecified atom stereocenters. The van der Waals surface area contributed by atoms with E-state index < -0.39 is 9.05 Å². The van der Waals surface area contributed by atoms with Gasteiger partial charge in [0.1, 0.15) is 12.2 Å². The van der Waals surface area contributed by atoms with Crippen LogP contribution in [0, 0.1) is 0 Å². The molecule has 18 heavy (non-hydrogen) atoms. The van der Waals surface area contributed by atoms with Crippen LogP contribution in [0.3, 0.4) is 0 Å². The Balaban J connectivity index is 2.39. The Morgan fingerprint density at radius 3 is 2.61 bits per heavy atom. The van der Waals surface area contributed by atoms with Crippen LogP contribution in [0.5, 0.6) is 0 Å². The summed E-state index contributed by atoms with van der Waals surface area (Å²) in [4.78, 5) is 4.00. The summed E-state index contributed by atoms with van der Waals surface area (Å²) in [6, 6.07) is 0. The molecule has 0 saturated heterocycles. The minimum atomic E-state index is -3.81. The summed E-state index contributed by atoms with van der Waals surface area (Å²) in [6.07, 6.45) is 3.59. The van der Waals surface area contributed by atoms with Gasteiger partial charge in [0.15, 0.2) is 10.9 Å². The second kappa shape index (κ2) is 4.69.